The number of carboxylic acid groups (broad SMARTS) is 2. The number of nitrogens with one attached hydrogen (secondary N) is 1. The zero-order valence-corrected chi connectivity index (χ0v) is 11.4. The Labute approximate surface area is 114 Å². The first kappa shape index (κ1) is 18.6. The van der Waals surface area contributed by atoms with E-state index in [9.17, 15) is 19.8 Å². The van der Waals surface area contributed by atoms with E-state index in [0.29, 0.717) is 0 Å². The molecule has 12 heavy (non-hydrogen) atoms. The van der Waals surface area contributed by atoms with Crippen molar-refractivity contribution in [2.75, 3.05) is 7.05 Å². The summed E-state index contributed by atoms with van der Waals surface area (Å²) in [6.07, 6.45) is -0.571. The molecule has 0 aliphatic heterocycles. The van der Waals surface area contributed by atoms with Crippen molar-refractivity contribution in [2.24, 2.45) is 0 Å². The van der Waals surface area contributed by atoms with Gasteiger partial charge in [0, 0.05) is 12.4 Å². The van der Waals surface area contributed by atoms with E-state index in [1.165, 1.54) is 7.05 Å². The van der Waals surface area contributed by atoms with Gasteiger partial charge in [0.1, 0.15) is 0 Å². The van der Waals surface area contributed by atoms with Gasteiger partial charge in [0.05, 0.1) is 12.0 Å². The van der Waals surface area contributed by atoms with Crippen molar-refractivity contribution < 1.29 is 78.9 Å². The summed E-state index contributed by atoms with van der Waals surface area (Å²) in [7, 11) is 1.34. The van der Waals surface area contributed by atoms with E-state index >= 15 is 0 Å². The molecule has 0 aromatic rings. The summed E-state index contributed by atoms with van der Waals surface area (Å²) in [6.45, 7) is 0. The number of hydrogen-bond donors (Lipinski definition) is 1. The predicted octanol–water partition coefficient (Wildman–Crippen LogP) is -9.53. The minimum absolute atomic E-state index is 0. The van der Waals surface area contributed by atoms with E-state index in [0.717, 1.165) is 0 Å². The third-order valence-electron chi connectivity index (χ3n) is 1.00. The maximum atomic E-state index is 10.0. The molecule has 58 valence electrons. The molecule has 0 aromatic carbocycles. The molecule has 0 amide bonds. The van der Waals surface area contributed by atoms with Crippen molar-refractivity contribution in [2.45, 2.75) is 12.5 Å². The van der Waals surface area contributed by atoms with Gasteiger partial charge in [0.2, 0.25) is 0 Å². The van der Waals surface area contributed by atoms with Crippen LogP contribution in [0.25, 0.3) is 0 Å². The Hall–Kier alpha value is 0.900. The summed E-state index contributed by atoms with van der Waals surface area (Å²) in [5.74, 6) is -2.85. The number of carbonyl (C=O) groups is 2. The molecular weight excluding hydrogens is 184 g/mol. The molecule has 0 aliphatic carbocycles. The summed E-state index contributed by atoms with van der Waals surface area (Å²) in [4.78, 5) is 19.8. The van der Waals surface area contributed by atoms with E-state index < -0.39 is 24.4 Å². The molecule has 0 saturated carbocycles. The van der Waals surface area contributed by atoms with Gasteiger partial charge in [-0.2, -0.15) is 0 Å². The van der Waals surface area contributed by atoms with Crippen LogP contribution in [0.1, 0.15) is 6.42 Å². The van der Waals surface area contributed by atoms with Gasteiger partial charge in [0.25, 0.3) is 0 Å². The third-order valence-corrected chi connectivity index (χ3v) is 1.00. The van der Waals surface area contributed by atoms with Crippen molar-refractivity contribution in [1.29, 1.82) is 0 Å². The Bertz CT molecular complexity index is 152. The minimum atomic E-state index is -1.44. The summed E-state index contributed by atoms with van der Waals surface area (Å²) >= 11 is 0. The zero-order chi connectivity index (χ0) is 8.15. The van der Waals surface area contributed by atoms with E-state index in [-0.39, 0.29) is 59.1 Å². The molecule has 1 N–H and O–H groups in total. The molecule has 0 fully saturated rings. The van der Waals surface area contributed by atoms with Crippen LogP contribution in [0, 0.1) is 0 Å². The quantitative estimate of drug-likeness (QED) is 0.445. The van der Waals surface area contributed by atoms with Crippen molar-refractivity contribution >= 4 is 11.9 Å². The first-order valence-electron chi connectivity index (χ1n) is 2.66. The van der Waals surface area contributed by atoms with Gasteiger partial charge < -0.3 is 25.1 Å². The molecule has 0 rings (SSSR count). The first-order valence-corrected chi connectivity index (χ1v) is 2.66. The summed E-state index contributed by atoms with van der Waals surface area (Å²) in [5.41, 5.74) is 0. The molecule has 0 aliphatic rings. The van der Waals surface area contributed by atoms with Crippen LogP contribution in [0.4, 0.5) is 0 Å². The SMILES string of the molecule is CN[C@@H](CC(=O)[O-])C(=O)[O-].[Na+].[Na+]. The van der Waals surface area contributed by atoms with Crippen LogP contribution in [-0.2, 0) is 9.59 Å². The Morgan fingerprint density at radius 3 is 1.83 bits per heavy atom. The van der Waals surface area contributed by atoms with E-state index in [2.05, 4.69) is 5.32 Å². The number of carbonyl (C=O) groups excluding carboxylic acids is 2. The van der Waals surface area contributed by atoms with Crippen molar-refractivity contribution in [3.05, 3.63) is 0 Å². The van der Waals surface area contributed by atoms with Gasteiger partial charge in [-0.15, -0.1) is 0 Å². The molecule has 0 radical (unpaired) electrons. The Kier molecular flexibility index (Phi) is 15.5. The maximum absolute atomic E-state index is 10.0. The minimum Gasteiger partial charge on any atom is -0.550 e. The number of carboxylic acids is 2. The number of aliphatic carboxylic acids is 2. The number of likely N-dealkylation sites (N-methyl/N-ethyl adjacent to an activating group) is 1. The second-order valence-corrected chi connectivity index (χ2v) is 1.74. The molecular formula is C5H7NNa2O4. The van der Waals surface area contributed by atoms with Gasteiger partial charge >= 0.3 is 59.1 Å². The van der Waals surface area contributed by atoms with Gasteiger partial charge in [-0.25, -0.2) is 0 Å². The Morgan fingerprint density at radius 2 is 1.75 bits per heavy atom. The predicted molar refractivity (Wildman–Crippen MR) is 27.5 cm³/mol. The van der Waals surface area contributed by atoms with Crippen LogP contribution in [0.15, 0.2) is 0 Å². The number of hydrogen-bond acceptors (Lipinski definition) is 5. The molecule has 0 aromatic heterocycles. The van der Waals surface area contributed by atoms with Gasteiger partial charge in [0.15, 0.2) is 0 Å². The van der Waals surface area contributed by atoms with Crippen LogP contribution in [0.3, 0.4) is 0 Å². The molecule has 0 unspecified atom stereocenters. The Balaban J connectivity index is -0.000000405. The van der Waals surface area contributed by atoms with Crippen molar-refractivity contribution in [1.82, 2.24) is 5.32 Å². The van der Waals surface area contributed by atoms with Crippen molar-refractivity contribution in [3.8, 4) is 0 Å². The third kappa shape index (κ3) is 8.99. The molecule has 7 heteroatoms. The maximum Gasteiger partial charge on any atom is 1.00 e. The Morgan fingerprint density at radius 1 is 1.33 bits per heavy atom. The van der Waals surface area contributed by atoms with Crippen LogP contribution in [-0.4, -0.2) is 25.0 Å². The monoisotopic (exact) mass is 191 g/mol. The van der Waals surface area contributed by atoms with E-state index in [4.69, 9.17) is 0 Å². The van der Waals surface area contributed by atoms with E-state index in [1.54, 1.807) is 0 Å². The van der Waals surface area contributed by atoms with Crippen LogP contribution < -0.4 is 74.6 Å². The topological polar surface area (TPSA) is 92.3 Å². The standard InChI is InChI=1S/C5H9NO4.2Na/c1-6-3(5(9)10)2-4(7)8;;/h3,6H,2H2,1H3,(H,7,8)(H,9,10);;/q;2*+1/p-2/t3-;;/m0../s1. The normalized spacial score (nSPS) is 10.4. The van der Waals surface area contributed by atoms with Crippen LogP contribution >= 0.6 is 0 Å². The second kappa shape index (κ2) is 9.98. The average molecular weight is 191 g/mol. The smallest absolute Gasteiger partial charge is 0.550 e. The summed E-state index contributed by atoms with van der Waals surface area (Å²) < 4.78 is 0. The fourth-order valence-electron chi connectivity index (χ4n) is 0.470. The van der Waals surface area contributed by atoms with Gasteiger partial charge in [-0.1, -0.05) is 0 Å². The second-order valence-electron chi connectivity index (χ2n) is 1.74. The summed E-state index contributed by atoms with van der Waals surface area (Å²) in [6, 6.07) is -1.16. The molecule has 0 spiro atoms. The molecule has 5 nitrogen and oxygen atoms in total. The van der Waals surface area contributed by atoms with Crippen LogP contribution in [0.5, 0.6) is 0 Å². The average Bonchev–Trinajstić information content (AvgIpc) is 1.81. The molecule has 0 saturated heterocycles. The van der Waals surface area contributed by atoms with Crippen LogP contribution in [0.2, 0.25) is 0 Å². The molecule has 1 atom stereocenters. The fourth-order valence-corrected chi connectivity index (χ4v) is 0.470. The zero-order valence-electron chi connectivity index (χ0n) is 7.42. The van der Waals surface area contributed by atoms with Crippen molar-refractivity contribution in [3.63, 3.8) is 0 Å². The van der Waals surface area contributed by atoms with Gasteiger partial charge in [-0.05, 0) is 7.05 Å². The summed E-state index contributed by atoms with van der Waals surface area (Å²) in [5, 5.41) is 22.1. The fraction of sp³-hybridized carbons (Fsp3) is 0.600. The largest absolute Gasteiger partial charge is 1.00 e. The van der Waals surface area contributed by atoms with Gasteiger partial charge in [-0.3, -0.25) is 0 Å². The molecule has 0 heterocycles. The first-order chi connectivity index (χ1) is 4.57. The van der Waals surface area contributed by atoms with E-state index in [1.807, 2.05) is 0 Å². The number of rotatable bonds is 4. The molecule has 0 bridgehead atoms.